The Morgan fingerprint density at radius 1 is 1.19 bits per heavy atom. The van der Waals surface area contributed by atoms with Crippen LogP contribution in [0.15, 0.2) is 36.8 Å². The van der Waals surface area contributed by atoms with Crippen molar-refractivity contribution in [2.75, 3.05) is 0 Å². The minimum atomic E-state index is 0.670. The van der Waals surface area contributed by atoms with Crippen molar-refractivity contribution in [3.63, 3.8) is 0 Å². The van der Waals surface area contributed by atoms with Gasteiger partial charge < -0.3 is 0 Å². The van der Waals surface area contributed by atoms with Crippen molar-refractivity contribution in [2.45, 2.75) is 18.8 Å². The molecule has 0 N–H and O–H groups in total. The van der Waals surface area contributed by atoms with E-state index in [1.165, 1.54) is 24.0 Å². The number of rotatable bonds is 2. The molecule has 2 aromatic rings. The first kappa shape index (κ1) is 9.79. The van der Waals surface area contributed by atoms with Crippen molar-refractivity contribution in [3.8, 4) is 11.3 Å². The van der Waals surface area contributed by atoms with Crippen molar-refractivity contribution < 1.29 is 0 Å². The van der Waals surface area contributed by atoms with Gasteiger partial charge in [0.25, 0.3) is 0 Å². The van der Waals surface area contributed by atoms with E-state index in [1.54, 1.807) is 12.5 Å². The Morgan fingerprint density at radius 2 is 2.06 bits per heavy atom. The number of hydrogen-bond donors (Lipinski definition) is 0. The molecule has 1 saturated carbocycles. The molecule has 1 aliphatic carbocycles. The zero-order chi connectivity index (χ0) is 11.0. The van der Waals surface area contributed by atoms with Crippen LogP contribution >= 0.6 is 11.6 Å². The molecule has 0 bridgehead atoms. The summed E-state index contributed by atoms with van der Waals surface area (Å²) in [5.41, 5.74) is 3.49. The van der Waals surface area contributed by atoms with Crippen LogP contribution in [0.5, 0.6) is 0 Å². The van der Waals surface area contributed by atoms with Crippen LogP contribution in [0.1, 0.15) is 24.3 Å². The van der Waals surface area contributed by atoms with E-state index in [0.29, 0.717) is 5.92 Å². The smallest absolute Gasteiger partial charge is 0.116 e. The topological polar surface area (TPSA) is 25.8 Å². The van der Waals surface area contributed by atoms with Crippen LogP contribution in [-0.4, -0.2) is 9.97 Å². The molecule has 1 heterocycles. The van der Waals surface area contributed by atoms with Crippen molar-refractivity contribution in [1.82, 2.24) is 9.97 Å². The lowest BCUT2D eigenvalue weighted by molar-refractivity contribution is 1.11. The molecular formula is C13H11ClN2. The van der Waals surface area contributed by atoms with E-state index in [4.69, 9.17) is 11.6 Å². The highest BCUT2D eigenvalue weighted by atomic mass is 35.5. The molecule has 0 aliphatic heterocycles. The standard InChI is InChI=1S/C13H11ClN2/c14-10-3-4-11(12(7-10)9-1-2-9)13-5-6-15-8-16-13/h3-9H,1-2H2. The van der Waals surface area contributed by atoms with Crippen molar-refractivity contribution in [1.29, 1.82) is 0 Å². The molecule has 2 nitrogen and oxygen atoms in total. The summed E-state index contributed by atoms with van der Waals surface area (Å²) in [5, 5.41) is 0.805. The molecule has 16 heavy (non-hydrogen) atoms. The molecule has 0 amide bonds. The van der Waals surface area contributed by atoms with Crippen LogP contribution in [0.4, 0.5) is 0 Å². The van der Waals surface area contributed by atoms with Crippen LogP contribution in [0.3, 0.4) is 0 Å². The average Bonchev–Trinajstić information content (AvgIpc) is 3.14. The van der Waals surface area contributed by atoms with E-state index in [1.807, 2.05) is 12.1 Å². The van der Waals surface area contributed by atoms with Gasteiger partial charge in [-0.1, -0.05) is 17.7 Å². The lowest BCUT2D eigenvalue weighted by Crippen LogP contribution is -1.90. The predicted molar refractivity (Wildman–Crippen MR) is 64.5 cm³/mol. The van der Waals surface area contributed by atoms with Gasteiger partial charge in [-0.2, -0.15) is 0 Å². The zero-order valence-electron chi connectivity index (χ0n) is 8.73. The fourth-order valence-electron chi connectivity index (χ4n) is 1.95. The van der Waals surface area contributed by atoms with Crippen molar-refractivity contribution in [2.24, 2.45) is 0 Å². The third-order valence-electron chi connectivity index (χ3n) is 2.89. The van der Waals surface area contributed by atoms with Crippen LogP contribution in [0.25, 0.3) is 11.3 Å². The highest BCUT2D eigenvalue weighted by molar-refractivity contribution is 6.30. The molecular weight excluding hydrogens is 220 g/mol. The Kier molecular flexibility index (Phi) is 2.37. The first-order chi connectivity index (χ1) is 7.84. The zero-order valence-corrected chi connectivity index (χ0v) is 9.48. The number of halogens is 1. The number of benzene rings is 1. The Morgan fingerprint density at radius 3 is 2.75 bits per heavy atom. The molecule has 0 spiro atoms. The Bertz CT molecular complexity index is 507. The maximum atomic E-state index is 6.04. The van der Waals surface area contributed by atoms with Crippen molar-refractivity contribution >= 4 is 11.6 Å². The minimum absolute atomic E-state index is 0.670. The predicted octanol–water partition coefficient (Wildman–Crippen LogP) is 3.67. The van der Waals surface area contributed by atoms with Crippen LogP contribution in [-0.2, 0) is 0 Å². The largest absolute Gasteiger partial charge is 0.245 e. The summed E-state index contributed by atoms with van der Waals surface area (Å²) < 4.78 is 0. The fourth-order valence-corrected chi connectivity index (χ4v) is 2.13. The second-order valence-corrected chi connectivity index (χ2v) is 4.54. The van der Waals surface area contributed by atoms with E-state index in [-0.39, 0.29) is 0 Å². The highest BCUT2D eigenvalue weighted by Crippen LogP contribution is 2.44. The van der Waals surface area contributed by atoms with Crippen LogP contribution in [0.2, 0.25) is 5.02 Å². The molecule has 0 radical (unpaired) electrons. The van der Waals surface area contributed by atoms with Gasteiger partial charge in [-0.25, -0.2) is 9.97 Å². The fraction of sp³-hybridized carbons (Fsp3) is 0.231. The number of nitrogens with zero attached hydrogens (tertiary/aromatic N) is 2. The Balaban J connectivity index is 2.13. The van der Waals surface area contributed by atoms with E-state index >= 15 is 0 Å². The van der Waals surface area contributed by atoms with Crippen LogP contribution < -0.4 is 0 Å². The monoisotopic (exact) mass is 230 g/mol. The first-order valence-corrected chi connectivity index (χ1v) is 5.78. The van der Waals surface area contributed by atoms with Gasteiger partial charge in [-0.15, -0.1) is 0 Å². The van der Waals surface area contributed by atoms with Gasteiger partial charge in [-0.05, 0) is 42.5 Å². The molecule has 0 saturated heterocycles. The first-order valence-electron chi connectivity index (χ1n) is 5.40. The maximum Gasteiger partial charge on any atom is 0.116 e. The summed E-state index contributed by atoms with van der Waals surface area (Å²) in [6.07, 6.45) is 5.88. The second-order valence-electron chi connectivity index (χ2n) is 4.10. The molecule has 3 rings (SSSR count). The Labute approximate surface area is 99.3 Å². The molecule has 1 aromatic heterocycles. The van der Waals surface area contributed by atoms with Gasteiger partial charge in [0.15, 0.2) is 0 Å². The van der Waals surface area contributed by atoms with Gasteiger partial charge in [0.05, 0.1) is 5.69 Å². The molecule has 1 aromatic carbocycles. The minimum Gasteiger partial charge on any atom is -0.245 e. The maximum absolute atomic E-state index is 6.04. The summed E-state index contributed by atoms with van der Waals surface area (Å²) in [7, 11) is 0. The third-order valence-corrected chi connectivity index (χ3v) is 3.12. The van der Waals surface area contributed by atoms with Gasteiger partial charge in [0, 0.05) is 16.8 Å². The average molecular weight is 231 g/mol. The van der Waals surface area contributed by atoms with E-state index < -0.39 is 0 Å². The number of aromatic nitrogens is 2. The van der Waals surface area contributed by atoms with E-state index in [9.17, 15) is 0 Å². The number of hydrogen-bond acceptors (Lipinski definition) is 2. The summed E-state index contributed by atoms with van der Waals surface area (Å²) in [5.74, 6) is 0.670. The summed E-state index contributed by atoms with van der Waals surface area (Å²) in [4.78, 5) is 8.24. The Hall–Kier alpha value is -1.41. The van der Waals surface area contributed by atoms with Crippen molar-refractivity contribution in [3.05, 3.63) is 47.4 Å². The van der Waals surface area contributed by atoms with Gasteiger partial charge in [-0.3, -0.25) is 0 Å². The molecule has 1 aliphatic rings. The second kappa shape index (κ2) is 3.87. The normalized spacial score (nSPS) is 15.1. The molecule has 0 unspecified atom stereocenters. The lowest BCUT2D eigenvalue weighted by atomic mass is 10.0. The lowest BCUT2D eigenvalue weighted by Gasteiger charge is -2.08. The third kappa shape index (κ3) is 1.81. The van der Waals surface area contributed by atoms with Gasteiger partial charge in [0.2, 0.25) is 0 Å². The van der Waals surface area contributed by atoms with Crippen LogP contribution in [0, 0.1) is 0 Å². The molecule has 1 fully saturated rings. The summed E-state index contributed by atoms with van der Waals surface area (Å²) in [6.45, 7) is 0. The highest BCUT2D eigenvalue weighted by Gasteiger charge is 2.26. The van der Waals surface area contributed by atoms with E-state index in [2.05, 4.69) is 22.1 Å². The summed E-state index contributed by atoms with van der Waals surface area (Å²) >= 11 is 6.04. The SMILES string of the molecule is Clc1ccc(-c2ccncn2)c(C2CC2)c1. The van der Waals surface area contributed by atoms with E-state index in [0.717, 1.165) is 10.7 Å². The summed E-state index contributed by atoms with van der Waals surface area (Å²) in [6, 6.07) is 7.98. The molecule has 80 valence electrons. The van der Waals surface area contributed by atoms with Gasteiger partial charge in [0.1, 0.15) is 6.33 Å². The molecule has 0 atom stereocenters. The quantitative estimate of drug-likeness (QED) is 0.787. The van der Waals surface area contributed by atoms with Gasteiger partial charge >= 0.3 is 0 Å². The molecule has 3 heteroatoms.